The second kappa shape index (κ2) is 14.8. The molecule has 2 aliphatic rings. The minimum absolute atomic E-state index is 0.0443. The number of hydrogen-bond donors (Lipinski definition) is 4. The Morgan fingerprint density at radius 1 is 0.980 bits per heavy atom. The molecule has 1 saturated heterocycles. The number of carbonyl (C=O) groups is 4. The fourth-order valence-corrected chi connectivity index (χ4v) is 7.03. The third kappa shape index (κ3) is 9.65. The lowest BCUT2D eigenvalue weighted by Gasteiger charge is -2.39. The highest BCUT2D eigenvalue weighted by molar-refractivity contribution is 7.88. The number of fused-ring (bicyclic) bond motifs is 1. The van der Waals surface area contributed by atoms with E-state index >= 15 is 0 Å². The second-order valence-corrected chi connectivity index (χ2v) is 18.6. The third-order valence-electron chi connectivity index (χ3n) is 10.1. The number of amides is 6. The summed E-state index contributed by atoms with van der Waals surface area (Å²) in [5.41, 5.74) is 2.34. The van der Waals surface area contributed by atoms with E-state index in [0.29, 0.717) is 13.0 Å². The van der Waals surface area contributed by atoms with Crippen molar-refractivity contribution in [2.45, 2.75) is 99.8 Å². The number of nitrogens with zero attached hydrogens (tertiary/aromatic N) is 3. The zero-order valence-corrected chi connectivity index (χ0v) is 32.2. The second-order valence-electron chi connectivity index (χ2n) is 16.5. The Hall–Kier alpha value is -3.39. The first-order valence-electron chi connectivity index (χ1n) is 17.1. The molecule has 14 heteroatoms. The predicted octanol–water partition coefficient (Wildman–Crippen LogP) is 3.70. The molecule has 1 aromatic rings. The Balaban J connectivity index is 1.82. The number of urea groups is 2. The molecule has 2 fully saturated rings. The summed E-state index contributed by atoms with van der Waals surface area (Å²) in [6, 6.07) is 5.76. The predicted molar refractivity (Wildman–Crippen MR) is 190 cm³/mol. The van der Waals surface area contributed by atoms with Crippen molar-refractivity contribution in [2.24, 2.45) is 28.1 Å². The average molecular weight is 706 g/mol. The highest BCUT2D eigenvalue weighted by Crippen LogP contribution is 2.65. The summed E-state index contributed by atoms with van der Waals surface area (Å²) < 4.78 is 25.4. The van der Waals surface area contributed by atoms with Gasteiger partial charge in [-0.25, -0.2) is 27.3 Å². The Morgan fingerprint density at radius 3 is 2.08 bits per heavy atom. The normalized spacial score (nSPS) is 22.0. The van der Waals surface area contributed by atoms with Crippen LogP contribution in [0.1, 0.15) is 87.3 Å². The van der Waals surface area contributed by atoms with E-state index in [1.54, 1.807) is 4.90 Å². The number of carbonyl (C=O) groups excluding carboxylic acids is 4. The van der Waals surface area contributed by atoms with E-state index in [2.05, 4.69) is 35.2 Å². The fraction of sp³-hybridized carbons (Fsp3) is 0.714. The van der Waals surface area contributed by atoms with Gasteiger partial charge in [0.15, 0.2) is 0 Å². The van der Waals surface area contributed by atoms with Gasteiger partial charge in [0, 0.05) is 32.7 Å². The first-order valence-corrected chi connectivity index (χ1v) is 19.0. The summed E-state index contributed by atoms with van der Waals surface area (Å²) in [7, 11) is -2.04. The molecule has 0 radical (unpaired) electrons. The van der Waals surface area contributed by atoms with Crippen LogP contribution in [0.3, 0.4) is 0 Å². The van der Waals surface area contributed by atoms with Gasteiger partial charge in [0.25, 0.3) is 5.91 Å². The van der Waals surface area contributed by atoms with E-state index in [4.69, 9.17) is 0 Å². The molecule has 276 valence electrons. The van der Waals surface area contributed by atoms with Gasteiger partial charge in [0.05, 0.1) is 12.3 Å². The minimum Gasteiger partial charge on any atom is -0.334 e. The SMILES string of the molecule is CCCN(NC(=O)[C@@H]1[C@@H]2[C@H](CN1C(=O)[C@@H](NC(=O)N[C@H](CN(C)S(C)(=O)=O)C(C)(C)C)C(C)(C)C)C2(C)C)C(=O)N[C@H](C)c1ccccc1. The largest absolute Gasteiger partial charge is 0.336 e. The van der Waals surface area contributed by atoms with Gasteiger partial charge >= 0.3 is 12.1 Å². The molecule has 0 spiro atoms. The van der Waals surface area contributed by atoms with Crippen LogP contribution in [0.15, 0.2) is 30.3 Å². The van der Waals surface area contributed by atoms with E-state index in [1.807, 2.05) is 85.7 Å². The fourth-order valence-electron chi connectivity index (χ4n) is 6.61. The molecule has 1 heterocycles. The van der Waals surface area contributed by atoms with Gasteiger partial charge in [0.1, 0.15) is 12.1 Å². The molecule has 6 amide bonds. The molecule has 1 aliphatic heterocycles. The Morgan fingerprint density at radius 2 is 1.57 bits per heavy atom. The molecule has 0 bridgehead atoms. The summed E-state index contributed by atoms with van der Waals surface area (Å²) >= 11 is 0. The standard InChI is InChI=1S/C35H59N7O6S/c1-13-19-42(32(46)36-22(2)23-17-15-14-16-18-23)39-29(43)27-26-24(35(26,9)10)20-41(27)30(44)28(34(6,7)8)38-31(45)37-25(33(3,4)5)21-40(11)49(12,47)48/h14-18,22,24-28H,13,19-21H2,1-12H3,(H,36,46)(H,39,43)(H2,37,38,45)/t22-,24+,25-,26+,27+,28-/m1/s1. The number of nitrogens with one attached hydrogen (secondary N) is 4. The molecule has 4 N–H and O–H groups in total. The molecule has 0 aromatic heterocycles. The molecule has 49 heavy (non-hydrogen) atoms. The van der Waals surface area contributed by atoms with Crippen molar-refractivity contribution in [1.82, 2.24) is 35.6 Å². The number of piperidine rings is 1. The first kappa shape index (κ1) is 40.0. The molecule has 3 rings (SSSR count). The Labute approximate surface area is 293 Å². The van der Waals surface area contributed by atoms with Crippen LogP contribution < -0.4 is 21.4 Å². The van der Waals surface area contributed by atoms with Gasteiger partial charge < -0.3 is 20.9 Å². The lowest BCUT2D eigenvalue weighted by molar-refractivity contribution is -0.145. The quantitative estimate of drug-likeness (QED) is 0.257. The summed E-state index contributed by atoms with van der Waals surface area (Å²) in [5.74, 6) is -0.867. The van der Waals surface area contributed by atoms with E-state index in [0.717, 1.165) is 11.8 Å². The summed E-state index contributed by atoms with van der Waals surface area (Å²) in [4.78, 5) is 56.9. The van der Waals surface area contributed by atoms with Crippen molar-refractivity contribution in [1.29, 1.82) is 0 Å². The summed E-state index contributed by atoms with van der Waals surface area (Å²) in [6.07, 6.45) is 1.70. The monoisotopic (exact) mass is 705 g/mol. The molecule has 6 atom stereocenters. The van der Waals surface area contributed by atoms with Crippen molar-refractivity contribution in [3.63, 3.8) is 0 Å². The zero-order chi connectivity index (χ0) is 37.3. The van der Waals surface area contributed by atoms with E-state index in [1.165, 1.54) is 16.4 Å². The molecule has 0 unspecified atom stereocenters. The Kier molecular flexibility index (Phi) is 12.1. The molecule has 1 aromatic carbocycles. The van der Waals surface area contributed by atoms with Gasteiger partial charge in [0.2, 0.25) is 15.9 Å². The molecule has 1 aliphatic carbocycles. The minimum atomic E-state index is -3.49. The topological polar surface area (TPSA) is 160 Å². The lowest BCUT2D eigenvalue weighted by Crippen LogP contribution is -2.63. The zero-order valence-electron chi connectivity index (χ0n) is 31.4. The number of likely N-dealkylation sites (tertiary alicyclic amines) is 1. The first-order chi connectivity index (χ1) is 22.4. The number of hydrazine groups is 1. The number of benzene rings is 1. The van der Waals surface area contributed by atoms with Crippen LogP contribution in [0.25, 0.3) is 0 Å². The van der Waals surface area contributed by atoms with Crippen molar-refractivity contribution in [3.05, 3.63) is 35.9 Å². The maximum Gasteiger partial charge on any atom is 0.336 e. The van der Waals surface area contributed by atoms with Crippen molar-refractivity contribution >= 4 is 33.9 Å². The average Bonchev–Trinajstić information content (AvgIpc) is 3.29. The van der Waals surface area contributed by atoms with Gasteiger partial charge in [-0.05, 0) is 47.0 Å². The number of likely N-dealkylation sites (N-methyl/N-ethyl adjacent to an activating group) is 1. The Bertz CT molecular complexity index is 1470. The van der Waals surface area contributed by atoms with Crippen LogP contribution >= 0.6 is 0 Å². The van der Waals surface area contributed by atoms with Crippen LogP contribution in [0.5, 0.6) is 0 Å². The van der Waals surface area contributed by atoms with E-state index < -0.39 is 62.9 Å². The highest BCUT2D eigenvalue weighted by atomic mass is 32.2. The number of sulfonamides is 1. The molecule has 1 saturated carbocycles. The maximum absolute atomic E-state index is 14.4. The third-order valence-corrected chi connectivity index (χ3v) is 11.4. The van der Waals surface area contributed by atoms with Gasteiger partial charge in [-0.3, -0.25) is 15.0 Å². The van der Waals surface area contributed by atoms with Crippen LogP contribution in [-0.2, 0) is 19.6 Å². The highest BCUT2D eigenvalue weighted by Gasteiger charge is 2.70. The van der Waals surface area contributed by atoms with Crippen LogP contribution in [0.2, 0.25) is 0 Å². The van der Waals surface area contributed by atoms with Crippen LogP contribution in [0.4, 0.5) is 9.59 Å². The van der Waals surface area contributed by atoms with Gasteiger partial charge in [-0.2, -0.15) is 0 Å². The lowest BCUT2D eigenvalue weighted by atomic mass is 9.85. The van der Waals surface area contributed by atoms with Crippen molar-refractivity contribution < 1.29 is 27.6 Å². The van der Waals surface area contributed by atoms with Crippen molar-refractivity contribution in [2.75, 3.05) is 32.9 Å². The maximum atomic E-state index is 14.4. The van der Waals surface area contributed by atoms with Crippen LogP contribution in [0, 0.1) is 28.1 Å². The molecular weight excluding hydrogens is 646 g/mol. The molecular formula is C35H59N7O6S. The van der Waals surface area contributed by atoms with E-state index in [-0.39, 0.29) is 36.4 Å². The van der Waals surface area contributed by atoms with Crippen molar-refractivity contribution in [3.8, 4) is 0 Å². The summed E-state index contributed by atoms with van der Waals surface area (Å²) in [5, 5.41) is 9.99. The number of hydrogen-bond acceptors (Lipinski definition) is 6. The van der Waals surface area contributed by atoms with Gasteiger partial charge in [-0.1, -0.05) is 92.6 Å². The van der Waals surface area contributed by atoms with Gasteiger partial charge in [-0.15, -0.1) is 0 Å². The molecule has 13 nitrogen and oxygen atoms in total. The van der Waals surface area contributed by atoms with E-state index in [9.17, 15) is 27.6 Å². The number of rotatable bonds is 11. The van der Waals surface area contributed by atoms with Crippen LogP contribution in [-0.4, -0.2) is 97.6 Å². The summed E-state index contributed by atoms with van der Waals surface area (Å²) in [6.45, 7) is 19.8. The smallest absolute Gasteiger partial charge is 0.334 e.